The molecule has 2 aromatic carbocycles. The number of aromatic amines is 1. The van der Waals surface area contributed by atoms with Gasteiger partial charge in [0.05, 0.1) is 26.0 Å². The molecule has 0 saturated heterocycles. The highest BCUT2D eigenvalue weighted by molar-refractivity contribution is 7.92. The fourth-order valence-corrected chi connectivity index (χ4v) is 3.50. The Balaban J connectivity index is 1.98. The van der Waals surface area contributed by atoms with Gasteiger partial charge >= 0.3 is 0 Å². The Kier molecular flexibility index (Phi) is 4.00. The van der Waals surface area contributed by atoms with Gasteiger partial charge in [-0.15, -0.1) is 0 Å². The second-order valence-electron chi connectivity index (χ2n) is 5.22. The first-order valence-corrected chi connectivity index (χ1v) is 8.95. The summed E-state index contributed by atoms with van der Waals surface area (Å²) in [7, 11) is -3.81. The van der Waals surface area contributed by atoms with E-state index in [0.717, 1.165) is 16.6 Å². The number of aromatic nitrogens is 2. The van der Waals surface area contributed by atoms with Crippen LogP contribution < -0.4 is 4.72 Å². The predicted molar refractivity (Wildman–Crippen MR) is 92.8 cm³/mol. The number of hydrogen-bond donors (Lipinski definition) is 2. The molecule has 2 N–H and O–H groups in total. The second kappa shape index (κ2) is 5.70. The maximum Gasteiger partial charge on any atom is 0.264 e. The molecule has 0 bridgehead atoms. The number of hydrogen-bond acceptors (Lipinski definition) is 3. The smallest absolute Gasteiger partial charge is 0.264 e. The number of sulfonamides is 1. The summed E-state index contributed by atoms with van der Waals surface area (Å²) in [5, 5.41) is 0.464. The number of H-pyrrole nitrogens is 1. The van der Waals surface area contributed by atoms with Gasteiger partial charge in [0.2, 0.25) is 5.95 Å². The molecule has 0 amide bonds. The first-order chi connectivity index (χ1) is 10.8. The molecule has 0 radical (unpaired) electrons. The standard InChI is InChI=1S/C15H13Cl2N3O2S/c1-8-5-13-14(6-9(8)2)19-15(18-13)20-23(21,22)10-3-4-11(16)12(17)7-10/h3-7H,1-2H3,(H2,18,19,20). The highest BCUT2D eigenvalue weighted by Gasteiger charge is 2.17. The van der Waals surface area contributed by atoms with Crippen LogP contribution >= 0.6 is 23.2 Å². The van der Waals surface area contributed by atoms with E-state index in [-0.39, 0.29) is 15.9 Å². The molecule has 23 heavy (non-hydrogen) atoms. The van der Waals surface area contributed by atoms with Gasteiger partial charge in [-0.25, -0.2) is 18.1 Å². The average molecular weight is 370 g/mol. The molecule has 0 spiro atoms. The number of anilines is 1. The highest BCUT2D eigenvalue weighted by atomic mass is 35.5. The van der Waals surface area contributed by atoms with Crippen molar-refractivity contribution in [1.82, 2.24) is 9.97 Å². The fourth-order valence-electron chi connectivity index (χ4n) is 2.15. The number of halogens is 2. The lowest BCUT2D eigenvalue weighted by Gasteiger charge is -2.06. The molecule has 0 fully saturated rings. The van der Waals surface area contributed by atoms with Crippen molar-refractivity contribution >= 4 is 50.2 Å². The van der Waals surface area contributed by atoms with E-state index in [4.69, 9.17) is 23.2 Å². The predicted octanol–water partition coefficient (Wildman–Crippen LogP) is 4.29. The third-order valence-electron chi connectivity index (χ3n) is 3.53. The van der Waals surface area contributed by atoms with E-state index < -0.39 is 10.0 Å². The minimum Gasteiger partial charge on any atom is -0.323 e. The van der Waals surface area contributed by atoms with E-state index in [1.807, 2.05) is 26.0 Å². The first-order valence-electron chi connectivity index (χ1n) is 6.71. The molecule has 0 saturated carbocycles. The van der Waals surface area contributed by atoms with Crippen molar-refractivity contribution in [2.75, 3.05) is 4.72 Å². The summed E-state index contributed by atoms with van der Waals surface area (Å²) >= 11 is 11.7. The van der Waals surface area contributed by atoms with Crippen molar-refractivity contribution in [3.8, 4) is 0 Å². The van der Waals surface area contributed by atoms with E-state index in [9.17, 15) is 8.42 Å². The topological polar surface area (TPSA) is 74.8 Å². The fraction of sp³-hybridized carbons (Fsp3) is 0.133. The Bertz CT molecular complexity index is 974. The van der Waals surface area contributed by atoms with Crippen molar-refractivity contribution in [2.24, 2.45) is 0 Å². The summed E-state index contributed by atoms with van der Waals surface area (Å²) in [4.78, 5) is 7.23. The monoisotopic (exact) mass is 369 g/mol. The normalized spacial score (nSPS) is 11.8. The van der Waals surface area contributed by atoms with Crippen LogP contribution in [0.4, 0.5) is 5.95 Å². The molecule has 0 aliphatic carbocycles. The van der Waals surface area contributed by atoms with Crippen LogP contribution in [0.15, 0.2) is 35.2 Å². The second-order valence-corrected chi connectivity index (χ2v) is 7.72. The van der Waals surface area contributed by atoms with Crippen LogP contribution in [0.5, 0.6) is 0 Å². The van der Waals surface area contributed by atoms with Crippen LogP contribution in [-0.4, -0.2) is 18.4 Å². The summed E-state index contributed by atoms with van der Waals surface area (Å²) in [5.74, 6) is 0.149. The molecule has 3 rings (SSSR count). The number of imidazole rings is 1. The molecule has 3 aromatic rings. The molecule has 5 nitrogen and oxygen atoms in total. The van der Waals surface area contributed by atoms with Crippen molar-refractivity contribution in [1.29, 1.82) is 0 Å². The Hall–Kier alpha value is -1.76. The molecule has 1 heterocycles. The number of fused-ring (bicyclic) bond motifs is 1. The zero-order valence-electron chi connectivity index (χ0n) is 12.3. The molecule has 0 unspecified atom stereocenters. The SMILES string of the molecule is Cc1cc2nc(NS(=O)(=O)c3ccc(Cl)c(Cl)c3)[nH]c2cc1C. The summed E-state index contributed by atoms with van der Waals surface area (Å²) < 4.78 is 27.2. The molecule has 0 atom stereocenters. The number of nitrogens with zero attached hydrogens (tertiary/aromatic N) is 1. The minimum absolute atomic E-state index is 0.0136. The van der Waals surface area contributed by atoms with Crippen LogP contribution in [0.25, 0.3) is 11.0 Å². The largest absolute Gasteiger partial charge is 0.323 e. The number of benzene rings is 2. The quantitative estimate of drug-likeness (QED) is 0.722. The lowest BCUT2D eigenvalue weighted by molar-refractivity contribution is 0.601. The van der Waals surface area contributed by atoms with Gasteiger partial charge < -0.3 is 4.98 Å². The van der Waals surface area contributed by atoms with Crippen LogP contribution in [0.3, 0.4) is 0 Å². The maximum absolute atomic E-state index is 12.4. The Morgan fingerprint density at radius 3 is 2.43 bits per heavy atom. The van der Waals surface area contributed by atoms with Crippen molar-refractivity contribution < 1.29 is 8.42 Å². The van der Waals surface area contributed by atoms with Gasteiger partial charge in [-0.2, -0.15) is 0 Å². The Morgan fingerprint density at radius 1 is 1.04 bits per heavy atom. The van der Waals surface area contributed by atoms with Crippen LogP contribution in [-0.2, 0) is 10.0 Å². The molecule has 120 valence electrons. The number of rotatable bonds is 3. The van der Waals surface area contributed by atoms with Crippen molar-refractivity contribution in [2.45, 2.75) is 18.7 Å². The average Bonchev–Trinajstić information content (AvgIpc) is 2.82. The third kappa shape index (κ3) is 3.15. The van der Waals surface area contributed by atoms with E-state index in [2.05, 4.69) is 14.7 Å². The zero-order chi connectivity index (χ0) is 16.8. The number of nitrogens with one attached hydrogen (secondary N) is 2. The third-order valence-corrected chi connectivity index (χ3v) is 5.61. The summed E-state index contributed by atoms with van der Waals surface area (Å²) in [6.07, 6.45) is 0. The Labute approximate surface area is 143 Å². The Morgan fingerprint density at radius 2 is 1.74 bits per heavy atom. The van der Waals surface area contributed by atoms with Crippen LogP contribution in [0.1, 0.15) is 11.1 Å². The van der Waals surface area contributed by atoms with Gasteiger partial charge in [0.1, 0.15) is 0 Å². The highest BCUT2D eigenvalue weighted by Crippen LogP contribution is 2.26. The van der Waals surface area contributed by atoms with Gasteiger partial charge in [0.15, 0.2) is 0 Å². The molecular formula is C15H13Cl2N3O2S. The van der Waals surface area contributed by atoms with E-state index >= 15 is 0 Å². The van der Waals surface area contributed by atoms with E-state index in [1.165, 1.54) is 18.2 Å². The molecule has 8 heteroatoms. The molecular weight excluding hydrogens is 357 g/mol. The summed E-state index contributed by atoms with van der Waals surface area (Å²) in [5.41, 5.74) is 3.64. The van der Waals surface area contributed by atoms with E-state index in [0.29, 0.717) is 10.5 Å². The maximum atomic E-state index is 12.4. The van der Waals surface area contributed by atoms with Crippen molar-refractivity contribution in [3.63, 3.8) is 0 Å². The molecule has 0 aliphatic heterocycles. The summed E-state index contributed by atoms with van der Waals surface area (Å²) in [6.45, 7) is 3.96. The van der Waals surface area contributed by atoms with E-state index in [1.54, 1.807) is 0 Å². The molecule has 0 aliphatic rings. The number of aryl methyl sites for hydroxylation is 2. The molecule has 1 aromatic heterocycles. The first kappa shape index (κ1) is 16.1. The van der Waals surface area contributed by atoms with Gasteiger partial charge in [-0.3, -0.25) is 0 Å². The van der Waals surface area contributed by atoms with Crippen LogP contribution in [0.2, 0.25) is 10.0 Å². The van der Waals surface area contributed by atoms with Gasteiger partial charge in [0.25, 0.3) is 10.0 Å². The lowest BCUT2D eigenvalue weighted by atomic mass is 10.1. The van der Waals surface area contributed by atoms with Gasteiger partial charge in [0, 0.05) is 0 Å². The lowest BCUT2D eigenvalue weighted by Crippen LogP contribution is -2.13. The minimum atomic E-state index is -3.81. The van der Waals surface area contributed by atoms with Gasteiger partial charge in [-0.1, -0.05) is 23.2 Å². The van der Waals surface area contributed by atoms with Gasteiger partial charge in [-0.05, 0) is 55.3 Å². The van der Waals surface area contributed by atoms with Crippen LogP contribution in [0, 0.1) is 13.8 Å². The summed E-state index contributed by atoms with van der Waals surface area (Å²) in [6, 6.07) is 7.94. The van der Waals surface area contributed by atoms with Crippen molar-refractivity contribution in [3.05, 3.63) is 51.5 Å². The zero-order valence-corrected chi connectivity index (χ0v) is 14.6.